The minimum absolute atomic E-state index is 0.0107. The summed E-state index contributed by atoms with van der Waals surface area (Å²) in [5.41, 5.74) is 2.77. The van der Waals surface area contributed by atoms with E-state index in [0.29, 0.717) is 28.1 Å². The van der Waals surface area contributed by atoms with E-state index in [0.717, 1.165) is 25.7 Å². The molecular weight excluding hydrogens is 422 g/mol. The van der Waals surface area contributed by atoms with Gasteiger partial charge in [0.25, 0.3) is 11.8 Å². The Morgan fingerprint density at radius 3 is 2.69 bits per heavy atom. The van der Waals surface area contributed by atoms with Crippen LogP contribution in [0.4, 0.5) is 8.78 Å². The number of aromatic amines is 1. The van der Waals surface area contributed by atoms with Crippen LogP contribution in [0.3, 0.4) is 0 Å². The van der Waals surface area contributed by atoms with Crippen LogP contribution in [0.25, 0.3) is 11.0 Å². The van der Waals surface area contributed by atoms with Gasteiger partial charge < -0.3 is 15.6 Å². The summed E-state index contributed by atoms with van der Waals surface area (Å²) < 4.78 is 32.5. The molecule has 0 atom stereocenters. The molecular formula is C21H22F2N6O3. The highest BCUT2D eigenvalue weighted by Gasteiger charge is 2.43. The fourth-order valence-corrected chi connectivity index (χ4v) is 3.62. The molecule has 0 spiro atoms. The number of nitrogens with one attached hydrogen (secondary N) is 3. The molecule has 9 nitrogen and oxygen atoms in total. The number of carbonyl (C=O) groups is 2. The van der Waals surface area contributed by atoms with Crippen LogP contribution in [-0.2, 0) is 17.9 Å². The monoisotopic (exact) mass is 444 g/mol. The second-order valence-electron chi connectivity index (χ2n) is 8.52. The topological polar surface area (TPSA) is 126 Å². The molecule has 32 heavy (non-hydrogen) atoms. The number of fused-ring (bicyclic) bond motifs is 1. The van der Waals surface area contributed by atoms with Gasteiger partial charge in [0.05, 0.1) is 17.6 Å². The summed E-state index contributed by atoms with van der Waals surface area (Å²) in [6, 6.07) is 5.18. The van der Waals surface area contributed by atoms with Crippen LogP contribution >= 0.6 is 0 Å². The van der Waals surface area contributed by atoms with Crippen molar-refractivity contribution in [2.75, 3.05) is 0 Å². The van der Waals surface area contributed by atoms with E-state index in [-0.39, 0.29) is 42.9 Å². The minimum atomic E-state index is -3.34. The zero-order valence-electron chi connectivity index (χ0n) is 17.2. The first kappa shape index (κ1) is 20.5. The van der Waals surface area contributed by atoms with Gasteiger partial charge in [-0.15, -0.1) is 0 Å². The van der Waals surface area contributed by atoms with Crippen molar-refractivity contribution >= 4 is 22.8 Å². The minimum Gasteiger partial charge on any atom is -0.347 e. The van der Waals surface area contributed by atoms with E-state index in [1.165, 1.54) is 0 Å². The van der Waals surface area contributed by atoms with Crippen molar-refractivity contribution in [2.24, 2.45) is 5.92 Å². The van der Waals surface area contributed by atoms with Crippen molar-refractivity contribution in [1.82, 2.24) is 30.9 Å². The number of amides is 2. The van der Waals surface area contributed by atoms with Gasteiger partial charge in [-0.25, -0.2) is 9.61 Å². The molecule has 2 aliphatic rings. The van der Waals surface area contributed by atoms with Gasteiger partial charge in [-0.2, -0.15) is 8.78 Å². The number of halogens is 2. The van der Waals surface area contributed by atoms with Crippen molar-refractivity contribution in [3.63, 3.8) is 0 Å². The summed E-state index contributed by atoms with van der Waals surface area (Å²) in [4.78, 5) is 31.7. The lowest BCUT2D eigenvalue weighted by molar-refractivity contribution is -0.147. The number of carbonyl (C=O) groups excluding carboxylic acids is 2. The molecule has 3 N–H and O–H groups in total. The molecule has 11 heteroatoms. The van der Waals surface area contributed by atoms with Crippen LogP contribution in [0.2, 0.25) is 0 Å². The summed E-state index contributed by atoms with van der Waals surface area (Å²) in [6.45, 7) is 0.132. The third-order valence-corrected chi connectivity index (χ3v) is 5.73. The largest absolute Gasteiger partial charge is 0.347 e. The molecule has 0 saturated heterocycles. The Balaban J connectivity index is 1.18. The molecule has 168 valence electrons. The summed E-state index contributed by atoms with van der Waals surface area (Å²) in [5, 5.41) is 12.6. The lowest BCUT2D eigenvalue weighted by Gasteiger charge is -2.15. The standard InChI is InChI=1S/C21H22F2N6O3/c22-21(23,8-11-1-2-11)20(31)25-9-12-3-6-14-15(7-12)27-16(26-14)10-24-19(30)18-17(13-4-5-13)28-32-29-18/h3,6-7,11,13H,1-2,4-5,8-10H2,(H,24,30)(H,25,31)(H,26,27). The SMILES string of the molecule is O=C(NCc1nc2ccc(CNC(=O)C(F)(F)CC3CC3)cc2[nH]1)c1nonc1C1CC1. The lowest BCUT2D eigenvalue weighted by atomic mass is 10.1. The molecule has 0 unspecified atom stereocenters. The van der Waals surface area contributed by atoms with Gasteiger partial charge in [-0.3, -0.25) is 9.59 Å². The Morgan fingerprint density at radius 2 is 1.94 bits per heavy atom. The predicted octanol–water partition coefficient (Wildman–Crippen LogP) is 2.80. The van der Waals surface area contributed by atoms with E-state index in [4.69, 9.17) is 4.63 Å². The summed E-state index contributed by atoms with van der Waals surface area (Å²) in [6.07, 6.45) is 3.08. The summed E-state index contributed by atoms with van der Waals surface area (Å²) in [5.74, 6) is -4.26. The van der Waals surface area contributed by atoms with E-state index >= 15 is 0 Å². The van der Waals surface area contributed by atoms with E-state index in [1.807, 2.05) is 0 Å². The molecule has 1 aromatic carbocycles. The first-order valence-electron chi connectivity index (χ1n) is 10.6. The Morgan fingerprint density at radius 1 is 1.12 bits per heavy atom. The second-order valence-corrected chi connectivity index (χ2v) is 8.52. The van der Waals surface area contributed by atoms with Crippen LogP contribution < -0.4 is 10.6 Å². The normalized spacial score (nSPS) is 16.3. The Bertz CT molecular complexity index is 1170. The van der Waals surface area contributed by atoms with Crippen molar-refractivity contribution in [3.8, 4) is 0 Å². The zero-order valence-corrected chi connectivity index (χ0v) is 17.2. The highest BCUT2D eigenvalue weighted by atomic mass is 19.3. The Kier molecular flexibility index (Phi) is 5.10. The Hall–Kier alpha value is -3.37. The average molecular weight is 444 g/mol. The molecule has 2 aromatic heterocycles. The van der Waals surface area contributed by atoms with Gasteiger partial charge in [0.1, 0.15) is 11.5 Å². The molecule has 0 aliphatic heterocycles. The lowest BCUT2D eigenvalue weighted by Crippen LogP contribution is -2.40. The average Bonchev–Trinajstić information content (AvgIpc) is 3.69. The second kappa shape index (κ2) is 7.95. The first-order valence-corrected chi connectivity index (χ1v) is 10.6. The number of rotatable bonds is 9. The van der Waals surface area contributed by atoms with Crippen molar-refractivity contribution in [3.05, 3.63) is 41.0 Å². The van der Waals surface area contributed by atoms with E-state index in [1.54, 1.807) is 18.2 Å². The van der Waals surface area contributed by atoms with Crippen molar-refractivity contribution in [2.45, 2.75) is 57.0 Å². The predicted molar refractivity (Wildman–Crippen MR) is 108 cm³/mol. The molecule has 5 rings (SSSR count). The molecule has 2 aliphatic carbocycles. The van der Waals surface area contributed by atoms with Crippen molar-refractivity contribution < 1.29 is 23.0 Å². The van der Waals surface area contributed by atoms with Gasteiger partial charge in [0.15, 0.2) is 5.69 Å². The maximum atomic E-state index is 13.9. The van der Waals surface area contributed by atoms with E-state index in [9.17, 15) is 18.4 Å². The summed E-state index contributed by atoms with van der Waals surface area (Å²) in [7, 11) is 0. The molecule has 0 bridgehead atoms. The number of nitrogens with zero attached hydrogens (tertiary/aromatic N) is 3. The highest BCUT2D eigenvalue weighted by Crippen LogP contribution is 2.40. The molecule has 2 heterocycles. The van der Waals surface area contributed by atoms with E-state index < -0.39 is 11.8 Å². The molecule has 2 fully saturated rings. The Labute approximate surface area is 181 Å². The number of hydrogen-bond acceptors (Lipinski definition) is 6. The zero-order chi connectivity index (χ0) is 22.3. The highest BCUT2D eigenvalue weighted by molar-refractivity contribution is 5.93. The van der Waals surface area contributed by atoms with Crippen LogP contribution in [0, 0.1) is 5.92 Å². The fourth-order valence-electron chi connectivity index (χ4n) is 3.62. The van der Waals surface area contributed by atoms with Crippen LogP contribution in [0.1, 0.15) is 65.6 Å². The molecule has 2 amide bonds. The van der Waals surface area contributed by atoms with Gasteiger partial charge in [0, 0.05) is 18.9 Å². The maximum Gasteiger partial charge on any atom is 0.324 e. The first-order chi connectivity index (χ1) is 15.4. The number of benzene rings is 1. The number of H-pyrrole nitrogens is 1. The third-order valence-electron chi connectivity index (χ3n) is 5.73. The quantitative estimate of drug-likeness (QED) is 0.466. The van der Waals surface area contributed by atoms with E-state index in [2.05, 4.69) is 30.9 Å². The van der Waals surface area contributed by atoms with Crippen LogP contribution in [0.15, 0.2) is 22.8 Å². The number of alkyl halides is 2. The number of hydrogen-bond donors (Lipinski definition) is 3. The van der Waals surface area contributed by atoms with Gasteiger partial charge in [0.2, 0.25) is 0 Å². The number of aromatic nitrogens is 4. The smallest absolute Gasteiger partial charge is 0.324 e. The molecule has 2 saturated carbocycles. The third kappa shape index (κ3) is 4.46. The van der Waals surface area contributed by atoms with Crippen molar-refractivity contribution in [1.29, 1.82) is 0 Å². The number of imidazole rings is 1. The fraction of sp³-hybridized carbons (Fsp3) is 0.476. The maximum absolute atomic E-state index is 13.9. The summed E-state index contributed by atoms with van der Waals surface area (Å²) >= 11 is 0. The van der Waals surface area contributed by atoms with Crippen LogP contribution in [-0.4, -0.2) is 38.0 Å². The van der Waals surface area contributed by atoms with Crippen LogP contribution in [0.5, 0.6) is 0 Å². The molecule has 0 radical (unpaired) electrons. The van der Waals surface area contributed by atoms with Gasteiger partial charge >= 0.3 is 5.92 Å². The van der Waals surface area contributed by atoms with Gasteiger partial charge in [-0.05, 0) is 54.5 Å². The molecule has 3 aromatic rings. The van der Waals surface area contributed by atoms with Gasteiger partial charge in [-0.1, -0.05) is 11.2 Å².